The Morgan fingerprint density at radius 2 is 1.92 bits per heavy atom. The van der Waals surface area contributed by atoms with Gasteiger partial charge in [0.2, 0.25) is 0 Å². The van der Waals surface area contributed by atoms with E-state index in [1.807, 2.05) is 38.1 Å². The molecular formula is C10H13ClN2. The second-order valence-electron chi connectivity index (χ2n) is 3.02. The number of nitrogens with one attached hydrogen (secondary N) is 1. The summed E-state index contributed by atoms with van der Waals surface area (Å²) in [7, 11) is 0. The SMILES string of the molecule is CC(C)=NNCc1ccc(Cl)cc1. The van der Waals surface area contributed by atoms with Crippen molar-refractivity contribution < 1.29 is 0 Å². The third kappa shape index (κ3) is 3.95. The molecule has 0 heterocycles. The molecule has 0 spiro atoms. The predicted octanol–water partition coefficient (Wildman–Crippen LogP) is 2.83. The molecule has 2 nitrogen and oxygen atoms in total. The van der Waals surface area contributed by atoms with Crippen LogP contribution in [0.1, 0.15) is 19.4 Å². The van der Waals surface area contributed by atoms with E-state index >= 15 is 0 Å². The number of nitrogens with zero attached hydrogens (tertiary/aromatic N) is 1. The summed E-state index contributed by atoms with van der Waals surface area (Å²) in [5.74, 6) is 0. The molecule has 0 unspecified atom stereocenters. The summed E-state index contributed by atoms with van der Waals surface area (Å²) >= 11 is 5.75. The number of hydrogen-bond acceptors (Lipinski definition) is 2. The standard InChI is InChI=1S/C10H13ClN2/c1-8(2)13-12-7-9-3-5-10(11)6-4-9/h3-6,12H,7H2,1-2H3. The number of rotatable bonds is 3. The van der Waals surface area contributed by atoms with Crippen LogP contribution in [-0.2, 0) is 6.54 Å². The Kier molecular flexibility index (Phi) is 3.77. The van der Waals surface area contributed by atoms with Gasteiger partial charge in [-0.1, -0.05) is 23.7 Å². The molecule has 0 radical (unpaired) electrons. The fourth-order valence-electron chi connectivity index (χ4n) is 0.891. The molecule has 0 amide bonds. The molecule has 0 aliphatic heterocycles. The van der Waals surface area contributed by atoms with Crippen LogP contribution in [0.4, 0.5) is 0 Å². The molecule has 0 aliphatic carbocycles. The van der Waals surface area contributed by atoms with Crippen molar-refractivity contribution in [3.8, 4) is 0 Å². The van der Waals surface area contributed by atoms with E-state index in [0.29, 0.717) is 0 Å². The second-order valence-corrected chi connectivity index (χ2v) is 3.46. The van der Waals surface area contributed by atoms with E-state index in [0.717, 1.165) is 17.3 Å². The minimum absolute atomic E-state index is 0.738. The Hall–Kier alpha value is -1.02. The monoisotopic (exact) mass is 196 g/mol. The van der Waals surface area contributed by atoms with Gasteiger partial charge in [-0.05, 0) is 31.5 Å². The lowest BCUT2D eigenvalue weighted by atomic mass is 10.2. The van der Waals surface area contributed by atoms with Gasteiger partial charge in [0, 0.05) is 10.7 Å². The molecule has 0 aliphatic rings. The van der Waals surface area contributed by atoms with E-state index in [2.05, 4.69) is 10.5 Å². The maximum Gasteiger partial charge on any atom is 0.0580 e. The zero-order valence-electron chi connectivity index (χ0n) is 7.84. The molecule has 0 saturated heterocycles. The van der Waals surface area contributed by atoms with E-state index in [1.165, 1.54) is 5.56 Å². The van der Waals surface area contributed by atoms with E-state index in [9.17, 15) is 0 Å². The largest absolute Gasteiger partial charge is 0.306 e. The lowest BCUT2D eigenvalue weighted by Crippen LogP contribution is -2.06. The first-order chi connectivity index (χ1) is 6.18. The minimum atomic E-state index is 0.738. The summed E-state index contributed by atoms with van der Waals surface area (Å²) in [5.41, 5.74) is 5.16. The molecule has 1 rings (SSSR count). The molecule has 0 atom stereocenters. The molecule has 3 heteroatoms. The molecule has 1 aromatic carbocycles. The van der Waals surface area contributed by atoms with Crippen LogP contribution in [0.5, 0.6) is 0 Å². The van der Waals surface area contributed by atoms with Crippen molar-refractivity contribution in [1.29, 1.82) is 0 Å². The number of hydrazone groups is 1. The van der Waals surface area contributed by atoms with Crippen molar-refractivity contribution in [1.82, 2.24) is 5.43 Å². The van der Waals surface area contributed by atoms with Crippen molar-refractivity contribution in [3.05, 3.63) is 34.9 Å². The summed E-state index contributed by atoms with van der Waals surface area (Å²) in [5, 5.41) is 4.84. The average molecular weight is 197 g/mol. The Morgan fingerprint density at radius 3 is 2.46 bits per heavy atom. The summed E-state index contributed by atoms with van der Waals surface area (Å²) < 4.78 is 0. The molecule has 0 fully saturated rings. The van der Waals surface area contributed by atoms with Crippen molar-refractivity contribution in [3.63, 3.8) is 0 Å². The summed E-state index contributed by atoms with van der Waals surface area (Å²) in [6.45, 7) is 4.64. The van der Waals surface area contributed by atoms with Gasteiger partial charge < -0.3 is 5.43 Å². The molecule has 1 N–H and O–H groups in total. The van der Waals surface area contributed by atoms with Crippen molar-refractivity contribution in [2.75, 3.05) is 0 Å². The molecule has 0 saturated carbocycles. The van der Waals surface area contributed by atoms with Gasteiger partial charge in [-0.25, -0.2) is 0 Å². The van der Waals surface area contributed by atoms with Crippen LogP contribution in [-0.4, -0.2) is 5.71 Å². The van der Waals surface area contributed by atoms with Crippen molar-refractivity contribution >= 4 is 17.3 Å². The molecule has 13 heavy (non-hydrogen) atoms. The number of hydrogen-bond donors (Lipinski definition) is 1. The van der Waals surface area contributed by atoms with Gasteiger partial charge in [0.1, 0.15) is 0 Å². The number of halogens is 1. The highest BCUT2D eigenvalue weighted by Crippen LogP contribution is 2.08. The van der Waals surface area contributed by atoms with Crippen molar-refractivity contribution in [2.24, 2.45) is 5.10 Å². The van der Waals surface area contributed by atoms with Crippen LogP contribution in [0.15, 0.2) is 29.4 Å². The van der Waals surface area contributed by atoms with E-state index < -0.39 is 0 Å². The molecule has 0 aromatic heterocycles. The Morgan fingerprint density at radius 1 is 1.31 bits per heavy atom. The molecule has 0 bridgehead atoms. The lowest BCUT2D eigenvalue weighted by Gasteiger charge is -2.01. The Labute approximate surface area is 83.6 Å². The highest BCUT2D eigenvalue weighted by Gasteiger charge is 1.90. The van der Waals surface area contributed by atoms with Gasteiger partial charge in [-0.3, -0.25) is 0 Å². The van der Waals surface area contributed by atoms with Gasteiger partial charge in [0.25, 0.3) is 0 Å². The zero-order valence-corrected chi connectivity index (χ0v) is 8.60. The van der Waals surface area contributed by atoms with Gasteiger partial charge >= 0.3 is 0 Å². The van der Waals surface area contributed by atoms with Gasteiger partial charge in [-0.2, -0.15) is 5.10 Å². The quantitative estimate of drug-likeness (QED) is 0.584. The highest BCUT2D eigenvalue weighted by atomic mass is 35.5. The van der Waals surface area contributed by atoms with Crippen LogP contribution in [0.25, 0.3) is 0 Å². The Bertz CT molecular complexity index is 286. The van der Waals surface area contributed by atoms with Crippen LogP contribution in [0, 0.1) is 0 Å². The van der Waals surface area contributed by atoms with E-state index in [4.69, 9.17) is 11.6 Å². The smallest absolute Gasteiger partial charge is 0.0580 e. The third-order valence-electron chi connectivity index (χ3n) is 1.50. The summed E-state index contributed by atoms with van der Waals surface area (Å²) in [6.07, 6.45) is 0. The first-order valence-corrected chi connectivity index (χ1v) is 4.54. The second kappa shape index (κ2) is 4.87. The van der Waals surface area contributed by atoms with Crippen molar-refractivity contribution in [2.45, 2.75) is 20.4 Å². The maximum atomic E-state index is 5.75. The molecule has 1 aromatic rings. The van der Waals surface area contributed by atoms with Crippen LogP contribution in [0.3, 0.4) is 0 Å². The normalized spacial score (nSPS) is 9.46. The first-order valence-electron chi connectivity index (χ1n) is 4.16. The fourth-order valence-corrected chi connectivity index (χ4v) is 1.02. The predicted molar refractivity (Wildman–Crippen MR) is 57.1 cm³/mol. The van der Waals surface area contributed by atoms with Crippen LogP contribution < -0.4 is 5.43 Å². The summed E-state index contributed by atoms with van der Waals surface area (Å²) in [4.78, 5) is 0. The minimum Gasteiger partial charge on any atom is -0.306 e. The van der Waals surface area contributed by atoms with E-state index in [-0.39, 0.29) is 0 Å². The van der Waals surface area contributed by atoms with Gasteiger partial charge in [-0.15, -0.1) is 0 Å². The average Bonchev–Trinajstić information content (AvgIpc) is 2.08. The summed E-state index contributed by atoms with van der Waals surface area (Å²) in [6, 6.07) is 7.72. The van der Waals surface area contributed by atoms with Gasteiger partial charge in [0.05, 0.1) is 6.54 Å². The number of benzene rings is 1. The maximum absolute atomic E-state index is 5.75. The fraction of sp³-hybridized carbons (Fsp3) is 0.300. The third-order valence-corrected chi connectivity index (χ3v) is 1.75. The first kappa shape index (κ1) is 10.1. The highest BCUT2D eigenvalue weighted by molar-refractivity contribution is 6.30. The Balaban J connectivity index is 2.46. The van der Waals surface area contributed by atoms with E-state index in [1.54, 1.807) is 0 Å². The van der Waals surface area contributed by atoms with Crippen LogP contribution in [0.2, 0.25) is 5.02 Å². The molecular weight excluding hydrogens is 184 g/mol. The van der Waals surface area contributed by atoms with Crippen LogP contribution >= 0.6 is 11.6 Å². The topological polar surface area (TPSA) is 24.4 Å². The lowest BCUT2D eigenvalue weighted by molar-refractivity contribution is 0.743. The zero-order chi connectivity index (χ0) is 9.68. The molecule has 70 valence electrons. The van der Waals surface area contributed by atoms with Gasteiger partial charge in [0.15, 0.2) is 0 Å².